The SMILES string of the molecule is CN=C(NCc1noc(C)n1)N(C)Cc1ccc(C(F)(F)F)cc1. The molecule has 0 fully saturated rings. The molecule has 0 saturated heterocycles. The van der Waals surface area contributed by atoms with Crippen LogP contribution in [0.1, 0.15) is 22.8 Å². The summed E-state index contributed by atoms with van der Waals surface area (Å²) in [5.41, 5.74) is 0.0766. The summed E-state index contributed by atoms with van der Waals surface area (Å²) in [6.45, 7) is 2.44. The van der Waals surface area contributed by atoms with Crippen LogP contribution in [0.2, 0.25) is 0 Å². The van der Waals surface area contributed by atoms with Crippen molar-refractivity contribution >= 4 is 5.96 Å². The van der Waals surface area contributed by atoms with Gasteiger partial charge in [0.15, 0.2) is 11.8 Å². The maximum atomic E-state index is 12.6. The fraction of sp³-hybridized carbons (Fsp3) is 0.400. The van der Waals surface area contributed by atoms with Crippen molar-refractivity contribution in [3.05, 3.63) is 47.1 Å². The Morgan fingerprint density at radius 2 is 1.96 bits per heavy atom. The highest BCUT2D eigenvalue weighted by Crippen LogP contribution is 2.29. The van der Waals surface area contributed by atoms with Gasteiger partial charge in [0, 0.05) is 27.6 Å². The number of hydrogen-bond acceptors (Lipinski definition) is 4. The predicted octanol–water partition coefficient (Wildman–Crippen LogP) is 2.60. The summed E-state index contributed by atoms with van der Waals surface area (Å²) in [6, 6.07) is 5.05. The van der Waals surface area contributed by atoms with E-state index in [1.165, 1.54) is 12.1 Å². The van der Waals surface area contributed by atoms with Gasteiger partial charge in [0.25, 0.3) is 0 Å². The van der Waals surface area contributed by atoms with Gasteiger partial charge >= 0.3 is 6.18 Å². The van der Waals surface area contributed by atoms with Gasteiger partial charge in [0.1, 0.15) is 0 Å². The largest absolute Gasteiger partial charge is 0.416 e. The van der Waals surface area contributed by atoms with Gasteiger partial charge in [-0.3, -0.25) is 4.99 Å². The quantitative estimate of drug-likeness (QED) is 0.684. The first-order chi connectivity index (χ1) is 11.3. The Kier molecular flexibility index (Phi) is 5.42. The highest BCUT2D eigenvalue weighted by atomic mass is 19.4. The third-order valence-electron chi connectivity index (χ3n) is 3.25. The molecule has 0 aliphatic carbocycles. The van der Waals surface area contributed by atoms with E-state index in [9.17, 15) is 13.2 Å². The van der Waals surface area contributed by atoms with Crippen LogP contribution in [0.25, 0.3) is 0 Å². The molecule has 0 aliphatic heterocycles. The molecule has 0 spiro atoms. The van der Waals surface area contributed by atoms with E-state index in [2.05, 4.69) is 20.4 Å². The lowest BCUT2D eigenvalue weighted by Gasteiger charge is -2.21. The van der Waals surface area contributed by atoms with E-state index in [0.717, 1.165) is 17.7 Å². The third-order valence-corrected chi connectivity index (χ3v) is 3.25. The Bertz CT molecular complexity index is 694. The normalized spacial score (nSPS) is 12.3. The first-order valence-electron chi connectivity index (χ1n) is 7.16. The van der Waals surface area contributed by atoms with Crippen LogP contribution in [0.4, 0.5) is 13.2 Å². The third kappa shape index (κ3) is 4.71. The van der Waals surface area contributed by atoms with Crippen LogP contribution >= 0.6 is 0 Å². The molecular formula is C15H18F3N5O. The average Bonchev–Trinajstić information content (AvgIpc) is 2.93. The minimum Gasteiger partial charge on any atom is -0.349 e. The summed E-state index contributed by atoms with van der Waals surface area (Å²) in [5.74, 6) is 1.54. The summed E-state index contributed by atoms with van der Waals surface area (Å²) < 4.78 is 42.6. The molecule has 0 saturated carbocycles. The molecule has 1 aromatic heterocycles. The Morgan fingerprint density at radius 1 is 1.29 bits per heavy atom. The molecule has 2 rings (SSSR count). The summed E-state index contributed by atoms with van der Waals surface area (Å²) >= 11 is 0. The number of rotatable bonds is 4. The zero-order chi connectivity index (χ0) is 17.7. The molecule has 0 aliphatic rings. The van der Waals surface area contributed by atoms with Gasteiger partial charge in [-0.05, 0) is 17.7 Å². The van der Waals surface area contributed by atoms with E-state index in [-0.39, 0.29) is 0 Å². The van der Waals surface area contributed by atoms with Crippen LogP contribution in [0.15, 0.2) is 33.8 Å². The van der Waals surface area contributed by atoms with E-state index in [4.69, 9.17) is 4.52 Å². The van der Waals surface area contributed by atoms with Crippen molar-refractivity contribution in [3.8, 4) is 0 Å². The first kappa shape index (κ1) is 17.8. The molecule has 6 nitrogen and oxygen atoms in total. The minimum absolute atomic E-state index is 0.335. The number of nitrogens with zero attached hydrogens (tertiary/aromatic N) is 4. The van der Waals surface area contributed by atoms with Crippen molar-refractivity contribution in [1.29, 1.82) is 0 Å². The van der Waals surface area contributed by atoms with Gasteiger partial charge in [-0.25, -0.2) is 0 Å². The van der Waals surface area contributed by atoms with Crippen molar-refractivity contribution in [3.63, 3.8) is 0 Å². The van der Waals surface area contributed by atoms with Crippen LogP contribution in [0, 0.1) is 6.92 Å². The Balaban J connectivity index is 1.95. The molecule has 0 bridgehead atoms. The number of guanidine groups is 1. The number of hydrogen-bond donors (Lipinski definition) is 1. The van der Waals surface area contributed by atoms with Gasteiger partial charge in [0.05, 0.1) is 12.1 Å². The molecule has 0 radical (unpaired) electrons. The molecule has 1 N–H and O–H groups in total. The zero-order valence-electron chi connectivity index (χ0n) is 13.6. The van der Waals surface area contributed by atoms with E-state index in [1.807, 2.05) is 0 Å². The van der Waals surface area contributed by atoms with Gasteiger partial charge in [-0.15, -0.1) is 0 Å². The lowest BCUT2D eigenvalue weighted by molar-refractivity contribution is -0.137. The van der Waals surface area contributed by atoms with E-state index >= 15 is 0 Å². The van der Waals surface area contributed by atoms with Crippen LogP contribution in [0.5, 0.6) is 0 Å². The zero-order valence-corrected chi connectivity index (χ0v) is 13.6. The molecular weight excluding hydrogens is 323 g/mol. The summed E-state index contributed by atoms with van der Waals surface area (Å²) in [5, 5.41) is 6.83. The van der Waals surface area contributed by atoms with Gasteiger partial charge in [-0.2, -0.15) is 18.2 Å². The first-order valence-corrected chi connectivity index (χ1v) is 7.16. The topological polar surface area (TPSA) is 66.5 Å². The minimum atomic E-state index is -4.33. The van der Waals surface area contributed by atoms with E-state index < -0.39 is 11.7 Å². The average molecular weight is 341 g/mol. The Hall–Kier alpha value is -2.58. The van der Waals surface area contributed by atoms with Crippen molar-refractivity contribution in [2.75, 3.05) is 14.1 Å². The van der Waals surface area contributed by atoms with Crippen molar-refractivity contribution in [1.82, 2.24) is 20.4 Å². The molecule has 0 atom stereocenters. The van der Waals surface area contributed by atoms with Crippen molar-refractivity contribution in [2.45, 2.75) is 26.2 Å². The van der Waals surface area contributed by atoms with Crippen LogP contribution < -0.4 is 5.32 Å². The molecule has 1 heterocycles. The van der Waals surface area contributed by atoms with Crippen molar-refractivity contribution in [2.24, 2.45) is 4.99 Å². The second-order valence-electron chi connectivity index (χ2n) is 5.18. The lowest BCUT2D eigenvalue weighted by atomic mass is 10.1. The number of alkyl halides is 3. The molecule has 2 aromatic rings. The fourth-order valence-corrected chi connectivity index (χ4v) is 2.10. The molecule has 0 unspecified atom stereocenters. The second-order valence-corrected chi connectivity index (χ2v) is 5.18. The highest BCUT2D eigenvalue weighted by molar-refractivity contribution is 5.79. The van der Waals surface area contributed by atoms with Crippen LogP contribution in [0.3, 0.4) is 0 Å². The molecule has 9 heteroatoms. The summed E-state index contributed by atoms with van der Waals surface area (Å²) in [4.78, 5) is 9.99. The standard InChI is InChI=1S/C15H18F3N5O/c1-10-21-13(22-24-10)8-20-14(19-2)23(3)9-11-4-6-12(7-5-11)15(16,17)18/h4-7H,8-9H2,1-3H3,(H,19,20). The van der Waals surface area contributed by atoms with E-state index in [0.29, 0.717) is 30.8 Å². The lowest BCUT2D eigenvalue weighted by Crippen LogP contribution is -2.38. The predicted molar refractivity (Wildman–Crippen MR) is 82.1 cm³/mol. The van der Waals surface area contributed by atoms with Gasteiger partial charge < -0.3 is 14.7 Å². The molecule has 1 aromatic carbocycles. The monoisotopic (exact) mass is 341 g/mol. The molecule has 130 valence electrons. The van der Waals surface area contributed by atoms with Crippen LogP contribution in [-0.4, -0.2) is 35.1 Å². The van der Waals surface area contributed by atoms with Gasteiger partial charge in [-0.1, -0.05) is 17.3 Å². The molecule has 0 amide bonds. The maximum Gasteiger partial charge on any atom is 0.416 e. The van der Waals surface area contributed by atoms with Gasteiger partial charge in [0.2, 0.25) is 5.89 Å². The number of benzene rings is 1. The smallest absolute Gasteiger partial charge is 0.349 e. The van der Waals surface area contributed by atoms with E-state index in [1.54, 1.807) is 25.9 Å². The van der Waals surface area contributed by atoms with Crippen LogP contribution in [-0.2, 0) is 19.3 Å². The summed E-state index contributed by atoms with van der Waals surface area (Å²) in [6.07, 6.45) is -4.33. The number of aliphatic imine (C=N–C) groups is 1. The number of halogens is 3. The second kappa shape index (κ2) is 7.33. The Morgan fingerprint density at radius 3 is 2.46 bits per heavy atom. The fourth-order valence-electron chi connectivity index (χ4n) is 2.10. The van der Waals surface area contributed by atoms with Crippen molar-refractivity contribution < 1.29 is 17.7 Å². The summed E-state index contributed by atoms with van der Waals surface area (Å²) in [7, 11) is 3.40. The number of aryl methyl sites for hydroxylation is 1. The number of nitrogens with one attached hydrogen (secondary N) is 1. The highest BCUT2D eigenvalue weighted by Gasteiger charge is 2.29. The maximum absolute atomic E-state index is 12.6. The molecule has 24 heavy (non-hydrogen) atoms. The Labute approximate surface area is 137 Å². The number of aromatic nitrogens is 2.